The second kappa shape index (κ2) is 4.94. The normalized spacial score (nSPS) is 29.1. The van der Waals surface area contributed by atoms with Gasteiger partial charge in [-0.25, -0.2) is 0 Å². The van der Waals surface area contributed by atoms with Crippen molar-refractivity contribution >= 4 is 0 Å². The van der Waals surface area contributed by atoms with Gasteiger partial charge in [-0.2, -0.15) is 0 Å². The Labute approximate surface area is 80.9 Å². The number of hydrogen-bond acceptors (Lipinski definition) is 3. The summed E-state index contributed by atoms with van der Waals surface area (Å²) < 4.78 is 0. The molecule has 3 nitrogen and oxygen atoms in total. The molecule has 78 valence electrons. The number of aliphatic hydroxyl groups excluding tert-OH is 1. The molecule has 1 heterocycles. The Morgan fingerprint density at radius 3 is 2.69 bits per heavy atom. The average molecular weight is 186 g/mol. The van der Waals surface area contributed by atoms with E-state index in [0.29, 0.717) is 6.04 Å². The van der Waals surface area contributed by atoms with E-state index in [-0.39, 0.29) is 18.7 Å². The Balaban J connectivity index is 2.54. The molecule has 1 saturated heterocycles. The van der Waals surface area contributed by atoms with E-state index < -0.39 is 0 Å². The van der Waals surface area contributed by atoms with E-state index in [2.05, 4.69) is 18.7 Å². The van der Waals surface area contributed by atoms with Crippen molar-refractivity contribution < 1.29 is 5.11 Å². The molecule has 0 aromatic heterocycles. The third-order valence-electron chi connectivity index (χ3n) is 3.18. The monoisotopic (exact) mass is 186 g/mol. The van der Waals surface area contributed by atoms with E-state index in [9.17, 15) is 5.11 Å². The second-order valence-corrected chi connectivity index (χ2v) is 4.05. The molecule has 13 heavy (non-hydrogen) atoms. The Kier molecular flexibility index (Phi) is 4.16. The predicted octanol–water partition coefficient (Wildman–Crippen LogP) is 0.569. The van der Waals surface area contributed by atoms with Crippen molar-refractivity contribution in [1.29, 1.82) is 0 Å². The molecule has 0 spiro atoms. The summed E-state index contributed by atoms with van der Waals surface area (Å²) in [5.74, 6) is 0. The molecule has 1 fully saturated rings. The van der Waals surface area contributed by atoms with E-state index in [1.54, 1.807) is 0 Å². The lowest BCUT2D eigenvalue weighted by Gasteiger charge is -2.33. The summed E-state index contributed by atoms with van der Waals surface area (Å²) in [6.45, 7) is 5.59. The Morgan fingerprint density at radius 2 is 2.31 bits per heavy atom. The van der Waals surface area contributed by atoms with Crippen molar-refractivity contribution in [3.8, 4) is 0 Å². The molecule has 3 atom stereocenters. The lowest BCUT2D eigenvalue weighted by molar-refractivity contribution is 0.0978. The topological polar surface area (TPSA) is 49.5 Å². The fourth-order valence-corrected chi connectivity index (χ4v) is 2.21. The molecule has 0 amide bonds. The summed E-state index contributed by atoms with van der Waals surface area (Å²) >= 11 is 0. The van der Waals surface area contributed by atoms with Gasteiger partial charge in [0.05, 0.1) is 6.61 Å². The van der Waals surface area contributed by atoms with Crippen molar-refractivity contribution in [2.45, 2.75) is 51.2 Å². The van der Waals surface area contributed by atoms with Gasteiger partial charge in [-0.15, -0.1) is 0 Å². The molecule has 3 unspecified atom stereocenters. The molecule has 1 rings (SSSR count). The van der Waals surface area contributed by atoms with E-state index in [1.165, 1.54) is 12.8 Å². The van der Waals surface area contributed by atoms with Gasteiger partial charge in [0, 0.05) is 18.1 Å². The van der Waals surface area contributed by atoms with E-state index in [4.69, 9.17) is 5.73 Å². The molecular formula is C10H22N2O. The van der Waals surface area contributed by atoms with Crippen LogP contribution in [-0.2, 0) is 0 Å². The first-order chi connectivity index (χ1) is 6.20. The quantitative estimate of drug-likeness (QED) is 0.675. The fraction of sp³-hybridized carbons (Fsp3) is 1.00. The number of nitrogens with two attached hydrogens (primary N) is 1. The van der Waals surface area contributed by atoms with Crippen LogP contribution in [-0.4, -0.2) is 41.3 Å². The van der Waals surface area contributed by atoms with Crippen LogP contribution in [0.2, 0.25) is 0 Å². The van der Waals surface area contributed by atoms with Gasteiger partial charge >= 0.3 is 0 Å². The molecule has 0 saturated carbocycles. The number of nitrogens with zero attached hydrogens (tertiary/aromatic N) is 1. The molecule has 0 radical (unpaired) electrons. The van der Waals surface area contributed by atoms with Crippen molar-refractivity contribution in [1.82, 2.24) is 4.90 Å². The van der Waals surface area contributed by atoms with Gasteiger partial charge < -0.3 is 10.8 Å². The summed E-state index contributed by atoms with van der Waals surface area (Å²) in [5, 5.41) is 9.28. The zero-order valence-electron chi connectivity index (χ0n) is 8.74. The first kappa shape index (κ1) is 11.0. The van der Waals surface area contributed by atoms with Crippen LogP contribution in [0.3, 0.4) is 0 Å². The Morgan fingerprint density at radius 1 is 1.62 bits per heavy atom. The summed E-state index contributed by atoms with van der Waals surface area (Å²) in [7, 11) is 0. The minimum atomic E-state index is 0.116. The average Bonchev–Trinajstić information content (AvgIpc) is 2.53. The Hall–Kier alpha value is -0.120. The van der Waals surface area contributed by atoms with Gasteiger partial charge in [-0.3, -0.25) is 4.90 Å². The summed E-state index contributed by atoms with van der Waals surface area (Å²) in [5.41, 5.74) is 5.97. The van der Waals surface area contributed by atoms with Crippen LogP contribution in [0.25, 0.3) is 0 Å². The van der Waals surface area contributed by atoms with Crippen LogP contribution in [0.4, 0.5) is 0 Å². The SMILES string of the molecule is CCC(N)C(CO)N1CCCC1C. The molecule has 3 N–H and O–H groups in total. The first-order valence-electron chi connectivity index (χ1n) is 5.32. The van der Waals surface area contributed by atoms with E-state index >= 15 is 0 Å². The maximum atomic E-state index is 9.28. The largest absolute Gasteiger partial charge is 0.395 e. The standard InChI is InChI=1S/C10H22N2O/c1-3-9(11)10(7-13)12-6-4-5-8(12)2/h8-10,13H,3-7,11H2,1-2H3. The highest BCUT2D eigenvalue weighted by atomic mass is 16.3. The third-order valence-corrected chi connectivity index (χ3v) is 3.18. The Bertz CT molecular complexity index is 152. The van der Waals surface area contributed by atoms with E-state index in [0.717, 1.165) is 13.0 Å². The van der Waals surface area contributed by atoms with Crippen LogP contribution in [0.15, 0.2) is 0 Å². The highest BCUT2D eigenvalue weighted by Gasteiger charge is 2.30. The molecular weight excluding hydrogens is 164 g/mol. The van der Waals surface area contributed by atoms with Crippen molar-refractivity contribution in [2.75, 3.05) is 13.2 Å². The molecule has 1 aliphatic rings. The van der Waals surface area contributed by atoms with Crippen LogP contribution in [0.1, 0.15) is 33.1 Å². The van der Waals surface area contributed by atoms with Gasteiger partial charge in [-0.1, -0.05) is 6.92 Å². The highest BCUT2D eigenvalue weighted by molar-refractivity contribution is 4.87. The first-order valence-corrected chi connectivity index (χ1v) is 5.32. The summed E-state index contributed by atoms with van der Waals surface area (Å²) in [6.07, 6.45) is 3.43. The minimum absolute atomic E-state index is 0.116. The zero-order valence-corrected chi connectivity index (χ0v) is 8.74. The van der Waals surface area contributed by atoms with Gasteiger partial charge in [0.2, 0.25) is 0 Å². The zero-order chi connectivity index (χ0) is 9.84. The van der Waals surface area contributed by atoms with Crippen LogP contribution in [0, 0.1) is 0 Å². The molecule has 3 heteroatoms. The van der Waals surface area contributed by atoms with Gasteiger partial charge in [0.25, 0.3) is 0 Å². The van der Waals surface area contributed by atoms with E-state index in [1.807, 2.05) is 0 Å². The summed E-state index contributed by atoms with van der Waals surface area (Å²) in [6, 6.07) is 0.878. The smallest absolute Gasteiger partial charge is 0.0602 e. The summed E-state index contributed by atoms with van der Waals surface area (Å²) in [4.78, 5) is 2.36. The van der Waals surface area contributed by atoms with Crippen LogP contribution in [0.5, 0.6) is 0 Å². The molecule has 0 aromatic rings. The lowest BCUT2D eigenvalue weighted by Crippen LogP contribution is -2.51. The molecule has 0 aliphatic carbocycles. The molecule has 0 aromatic carbocycles. The van der Waals surface area contributed by atoms with Crippen molar-refractivity contribution in [3.63, 3.8) is 0 Å². The molecule has 0 bridgehead atoms. The number of likely N-dealkylation sites (tertiary alicyclic amines) is 1. The van der Waals surface area contributed by atoms with Crippen molar-refractivity contribution in [2.24, 2.45) is 5.73 Å². The van der Waals surface area contributed by atoms with Gasteiger partial charge in [0.15, 0.2) is 0 Å². The number of rotatable bonds is 4. The molecule has 1 aliphatic heterocycles. The van der Waals surface area contributed by atoms with Gasteiger partial charge in [0.1, 0.15) is 0 Å². The van der Waals surface area contributed by atoms with Crippen LogP contribution < -0.4 is 5.73 Å². The second-order valence-electron chi connectivity index (χ2n) is 4.05. The van der Waals surface area contributed by atoms with Crippen molar-refractivity contribution in [3.05, 3.63) is 0 Å². The van der Waals surface area contributed by atoms with Crippen LogP contribution >= 0.6 is 0 Å². The highest BCUT2D eigenvalue weighted by Crippen LogP contribution is 2.21. The third kappa shape index (κ3) is 2.42. The predicted molar refractivity (Wildman–Crippen MR) is 54.5 cm³/mol. The fourth-order valence-electron chi connectivity index (χ4n) is 2.21. The number of aliphatic hydroxyl groups is 1. The maximum Gasteiger partial charge on any atom is 0.0602 e. The lowest BCUT2D eigenvalue weighted by atomic mass is 10.1. The maximum absolute atomic E-state index is 9.28. The minimum Gasteiger partial charge on any atom is -0.395 e. The number of hydrogen-bond donors (Lipinski definition) is 2. The van der Waals surface area contributed by atoms with Gasteiger partial charge in [-0.05, 0) is 32.7 Å².